The summed E-state index contributed by atoms with van der Waals surface area (Å²) in [6, 6.07) is 2.70. The van der Waals surface area contributed by atoms with Crippen molar-refractivity contribution in [2.45, 2.75) is 11.7 Å². The molecule has 0 aliphatic heterocycles. The van der Waals surface area contributed by atoms with Gasteiger partial charge in [0.15, 0.2) is 0 Å². The highest BCUT2D eigenvalue weighted by Gasteiger charge is 2.44. The van der Waals surface area contributed by atoms with Gasteiger partial charge in [0, 0.05) is 6.20 Å². The van der Waals surface area contributed by atoms with Gasteiger partial charge in [0.1, 0.15) is 17.7 Å². The van der Waals surface area contributed by atoms with E-state index in [4.69, 9.17) is 0 Å². The Hall–Kier alpha value is -1.18. The van der Waals surface area contributed by atoms with Gasteiger partial charge in [-0.2, -0.15) is 8.78 Å². The van der Waals surface area contributed by atoms with Crippen LogP contribution < -0.4 is 0 Å². The van der Waals surface area contributed by atoms with Crippen LogP contribution in [-0.4, -0.2) is 22.6 Å². The minimum absolute atomic E-state index is 0.0902. The van der Waals surface area contributed by atoms with E-state index in [0.29, 0.717) is 0 Å². The Kier molecular flexibility index (Phi) is 3.61. The van der Waals surface area contributed by atoms with Crippen LogP contribution in [0, 0.1) is 0 Å². The van der Waals surface area contributed by atoms with Crippen molar-refractivity contribution in [2.24, 2.45) is 0 Å². The monoisotopic (exact) mass is 243 g/mol. The fraction of sp³-hybridized carbons (Fsp3) is 0.286. The second kappa shape index (κ2) is 4.56. The molecule has 0 aromatic carbocycles. The third-order valence-electron chi connectivity index (χ3n) is 1.30. The summed E-state index contributed by atoms with van der Waals surface area (Å²) in [4.78, 5) is 13.3. The van der Waals surface area contributed by atoms with Crippen LogP contribution in [0.3, 0.4) is 0 Å². The van der Waals surface area contributed by atoms with Gasteiger partial charge >= 0.3 is 17.6 Å². The zero-order chi connectivity index (χ0) is 11.5. The van der Waals surface area contributed by atoms with Crippen molar-refractivity contribution in [3.63, 3.8) is 0 Å². The number of nitrogens with one attached hydrogen (secondary N) is 1. The lowest BCUT2D eigenvalue weighted by Gasteiger charge is -2.12. The van der Waals surface area contributed by atoms with Gasteiger partial charge in [-0.15, -0.1) is 0 Å². The quantitative estimate of drug-likeness (QED) is 0.653. The summed E-state index contributed by atoms with van der Waals surface area (Å²) in [6.07, 6.45) is -2.52. The maximum Gasteiger partial charge on any atom is 0.388 e. The summed E-state index contributed by atoms with van der Waals surface area (Å²) < 4.78 is 51.7. The summed E-state index contributed by atoms with van der Waals surface area (Å²) >= 11 is -0.860. The van der Waals surface area contributed by atoms with E-state index in [1.165, 1.54) is 18.3 Å². The van der Waals surface area contributed by atoms with E-state index < -0.39 is 29.7 Å². The smallest absolute Gasteiger partial charge is 0.380 e. The highest BCUT2D eigenvalue weighted by atomic mass is 32.2. The first-order valence-electron chi connectivity index (χ1n) is 3.63. The van der Waals surface area contributed by atoms with Gasteiger partial charge in [0.2, 0.25) is 0 Å². The van der Waals surface area contributed by atoms with E-state index in [1.54, 1.807) is 0 Å². The van der Waals surface area contributed by atoms with E-state index in [-0.39, 0.29) is 5.69 Å². The third-order valence-corrected chi connectivity index (χ3v) is 1.94. The second-order valence-corrected chi connectivity index (χ2v) is 3.28. The zero-order valence-corrected chi connectivity index (χ0v) is 7.86. The molecule has 0 atom stereocenters. The van der Waals surface area contributed by atoms with Crippen molar-refractivity contribution in [1.29, 1.82) is 0 Å². The highest BCUT2D eigenvalue weighted by Crippen LogP contribution is 2.36. The zero-order valence-electron chi connectivity index (χ0n) is 7.05. The van der Waals surface area contributed by atoms with Gasteiger partial charge in [0.25, 0.3) is 0 Å². The molecule has 3 nitrogen and oxygen atoms in total. The summed E-state index contributed by atoms with van der Waals surface area (Å²) in [7, 11) is 0. The molecule has 0 amide bonds. The summed E-state index contributed by atoms with van der Waals surface area (Å²) in [5.74, 6) is -1.13. The van der Waals surface area contributed by atoms with E-state index in [9.17, 15) is 22.4 Å². The average Bonchev–Trinajstić information content (AvgIpc) is 2.66. The summed E-state index contributed by atoms with van der Waals surface area (Å²) in [5, 5.41) is -4.40. The van der Waals surface area contributed by atoms with Crippen molar-refractivity contribution in [3.8, 4) is 0 Å². The maximum absolute atomic E-state index is 12.3. The standard InChI is InChI=1S/C7H5F4NO2S/c8-6(9)7(10,11)15-14-5(13)4-2-1-3-12-4/h1-3,6,12H. The van der Waals surface area contributed by atoms with Gasteiger partial charge in [0.05, 0.1) is 0 Å². The van der Waals surface area contributed by atoms with E-state index in [1.807, 2.05) is 0 Å². The Morgan fingerprint density at radius 1 is 1.53 bits per heavy atom. The molecule has 1 heterocycles. The third kappa shape index (κ3) is 3.15. The molecule has 0 fully saturated rings. The number of hydrogen-bond acceptors (Lipinski definition) is 3. The van der Waals surface area contributed by atoms with Crippen LogP contribution >= 0.6 is 12.0 Å². The Morgan fingerprint density at radius 2 is 2.20 bits per heavy atom. The number of carbonyl (C=O) groups excluding carboxylic acids is 1. The normalized spacial score (nSPS) is 11.8. The van der Waals surface area contributed by atoms with E-state index in [2.05, 4.69) is 9.17 Å². The molecule has 0 saturated heterocycles. The molecule has 0 spiro atoms. The topological polar surface area (TPSA) is 42.1 Å². The fourth-order valence-electron chi connectivity index (χ4n) is 0.632. The molecule has 8 heteroatoms. The molecule has 1 aromatic heterocycles. The molecule has 0 aliphatic carbocycles. The number of H-pyrrole nitrogens is 1. The largest absolute Gasteiger partial charge is 0.388 e. The number of hydrogen-bond donors (Lipinski definition) is 1. The molecule has 0 bridgehead atoms. The van der Waals surface area contributed by atoms with Crippen LogP contribution in [0.5, 0.6) is 0 Å². The van der Waals surface area contributed by atoms with Gasteiger partial charge in [-0.1, -0.05) is 0 Å². The van der Waals surface area contributed by atoms with Gasteiger partial charge in [-0.25, -0.2) is 13.6 Å². The average molecular weight is 243 g/mol. The number of carbonyl (C=O) groups is 1. The molecule has 0 aliphatic rings. The van der Waals surface area contributed by atoms with Crippen LogP contribution in [0.4, 0.5) is 17.6 Å². The summed E-state index contributed by atoms with van der Waals surface area (Å²) in [6.45, 7) is 0. The van der Waals surface area contributed by atoms with E-state index in [0.717, 1.165) is 0 Å². The maximum atomic E-state index is 12.3. The molecule has 84 valence electrons. The predicted octanol–water partition coefficient (Wildman–Crippen LogP) is 2.68. The predicted molar refractivity (Wildman–Crippen MR) is 44.8 cm³/mol. The molecule has 1 rings (SSSR count). The highest BCUT2D eigenvalue weighted by molar-refractivity contribution is 7.96. The minimum Gasteiger partial charge on any atom is -0.380 e. The number of aromatic nitrogens is 1. The van der Waals surface area contributed by atoms with Crippen molar-refractivity contribution < 1.29 is 26.5 Å². The van der Waals surface area contributed by atoms with Crippen molar-refractivity contribution >= 4 is 18.0 Å². The molecular weight excluding hydrogens is 238 g/mol. The van der Waals surface area contributed by atoms with Gasteiger partial charge in [-0.05, 0) is 12.1 Å². The van der Waals surface area contributed by atoms with Crippen LogP contribution in [0.2, 0.25) is 0 Å². The van der Waals surface area contributed by atoms with Crippen LogP contribution in [-0.2, 0) is 4.18 Å². The van der Waals surface area contributed by atoms with Crippen molar-refractivity contribution in [2.75, 3.05) is 0 Å². The summed E-state index contributed by atoms with van der Waals surface area (Å²) in [5.41, 5.74) is -0.0902. The molecule has 15 heavy (non-hydrogen) atoms. The molecule has 1 aromatic rings. The first-order chi connectivity index (χ1) is 6.93. The fourth-order valence-corrected chi connectivity index (χ4v) is 0.981. The second-order valence-electron chi connectivity index (χ2n) is 2.40. The SMILES string of the molecule is O=C(OSC(F)(F)C(F)F)c1ccc[nH]1. The molecule has 0 unspecified atom stereocenters. The molecule has 1 N–H and O–H groups in total. The van der Waals surface area contributed by atoms with Crippen LogP contribution in [0.25, 0.3) is 0 Å². The Labute approximate surface area is 86.0 Å². The minimum atomic E-state index is -4.40. The number of aromatic amines is 1. The first kappa shape index (κ1) is 11.9. The van der Waals surface area contributed by atoms with Crippen molar-refractivity contribution in [3.05, 3.63) is 24.0 Å². The lowest BCUT2D eigenvalue weighted by molar-refractivity contribution is -0.0601. The Morgan fingerprint density at radius 3 is 2.67 bits per heavy atom. The van der Waals surface area contributed by atoms with E-state index >= 15 is 0 Å². The molecule has 0 saturated carbocycles. The molecular formula is C7H5F4NO2S. The van der Waals surface area contributed by atoms with Gasteiger partial charge < -0.3 is 9.17 Å². The lowest BCUT2D eigenvalue weighted by Crippen LogP contribution is -2.23. The number of alkyl halides is 4. The number of halogens is 4. The Balaban J connectivity index is 2.48. The van der Waals surface area contributed by atoms with Crippen LogP contribution in [0.15, 0.2) is 18.3 Å². The number of rotatable bonds is 4. The van der Waals surface area contributed by atoms with Crippen LogP contribution in [0.1, 0.15) is 10.5 Å². The van der Waals surface area contributed by atoms with Gasteiger partial charge in [-0.3, -0.25) is 0 Å². The molecule has 0 radical (unpaired) electrons. The Bertz CT molecular complexity index is 328. The van der Waals surface area contributed by atoms with Crippen molar-refractivity contribution in [1.82, 2.24) is 4.98 Å². The lowest BCUT2D eigenvalue weighted by atomic mass is 10.4. The first-order valence-corrected chi connectivity index (χ1v) is 4.37.